The van der Waals surface area contributed by atoms with Gasteiger partial charge >= 0.3 is 5.97 Å². The molecule has 9 heteroatoms. The van der Waals surface area contributed by atoms with E-state index in [2.05, 4.69) is 20.9 Å². The topological polar surface area (TPSA) is 79.1 Å². The van der Waals surface area contributed by atoms with Gasteiger partial charge < -0.3 is 14.2 Å². The second kappa shape index (κ2) is 9.99. The molecule has 0 bridgehead atoms. The fourth-order valence-electron chi connectivity index (χ4n) is 3.85. The van der Waals surface area contributed by atoms with Crippen molar-refractivity contribution in [3.05, 3.63) is 89.0 Å². The lowest BCUT2D eigenvalue weighted by Crippen LogP contribution is -2.39. The average molecular weight is 543 g/mol. The van der Waals surface area contributed by atoms with E-state index in [0.29, 0.717) is 32.1 Å². The first-order chi connectivity index (χ1) is 16.4. The molecule has 176 valence electrons. The number of aromatic nitrogens is 1. The van der Waals surface area contributed by atoms with Crippen molar-refractivity contribution in [1.82, 2.24) is 4.57 Å². The number of hydrogen-bond donors (Lipinski definition) is 0. The van der Waals surface area contributed by atoms with Crippen LogP contribution in [-0.4, -0.2) is 31.4 Å². The number of carbonyl (C=O) groups is 1. The Labute approximate surface area is 208 Å². The van der Waals surface area contributed by atoms with Gasteiger partial charge in [0.05, 0.1) is 42.7 Å². The van der Waals surface area contributed by atoms with Gasteiger partial charge in [0.1, 0.15) is 0 Å². The van der Waals surface area contributed by atoms with Crippen LogP contribution in [0.25, 0.3) is 6.08 Å². The summed E-state index contributed by atoms with van der Waals surface area (Å²) in [7, 11) is 3.13. The molecule has 1 aliphatic heterocycles. The summed E-state index contributed by atoms with van der Waals surface area (Å²) < 4.78 is 19.0. The van der Waals surface area contributed by atoms with E-state index in [9.17, 15) is 9.59 Å². The maximum atomic E-state index is 13.6. The Bertz CT molecular complexity index is 1450. The molecular weight excluding hydrogens is 520 g/mol. The van der Waals surface area contributed by atoms with Crippen molar-refractivity contribution in [2.75, 3.05) is 20.8 Å². The lowest BCUT2D eigenvalue weighted by Gasteiger charge is -2.24. The number of methoxy groups -OCH3 is 2. The van der Waals surface area contributed by atoms with Gasteiger partial charge in [0.15, 0.2) is 16.3 Å². The van der Waals surface area contributed by atoms with E-state index >= 15 is 0 Å². The molecule has 4 rings (SSSR count). The molecule has 1 atom stereocenters. The molecule has 1 aromatic heterocycles. The summed E-state index contributed by atoms with van der Waals surface area (Å²) in [6.45, 7) is 3.75. The monoisotopic (exact) mass is 542 g/mol. The summed E-state index contributed by atoms with van der Waals surface area (Å²) in [5.41, 5.74) is 2.23. The third kappa shape index (κ3) is 4.45. The largest absolute Gasteiger partial charge is 0.493 e. The van der Waals surface area contributed by atoms with Crippen LogP contribution < -0.4 is 24.4 Å². The fourth-order valence-corrected chi connectivity index (χ4v) is 5.16. The van der Waals surface area contributed by atoms with E-state index in [1.54, 1.807) is 50.8 Å². The number of esters is 1. The summed E-state index contributed by atoms with van der Waals surface area (Å²) in [5, 5.41) is 0. The van der Waals surface area contributed by atoms with E-state index in [4.69, 9.17) is 14.2 Å². The van der Waals surface area contributed by atoms with Crippen LogP contribution in [0.3, 0.4) is 0 Å². The van der Waals surface area contributed by atoms with E-state index in [1.807, 2.05) is 30.3 Å². The predicted molar refractivity (Wildman–Crippen MR) is 134 cm³/mol. The van der Waals surface area contributed by atoms with E-state index < -0.39 is 12.0 Å². The standard InChI is InChI=1S/C25H23BrN2O5S/c1-5-33-24(30)21-14(2)27-25-28(22(21)16-7-9-17(26)10-8-16)23(29)20(34-25)13-15-6-11-18(31-3)19(12-15)32-4/h6-13,22H,5H2,1-4H3/b20-13+. The number of ether oxygens (including phenoxy) is 3. The number of hydrogen-bond acceptors (Lipinski definition) is 7. The lowest BCUT2D eigenvalue weighted by atomic mass is 9.96. The number of fused-ring (bicyclic) bond motifs is 1. The molecule has 0 N–H and O–H groups in total. The highest BCUT2D eigenvalue weighted by Crippen LogP contribution is 2.31. The van der Waals surface area contributed by atoms with Crippen molar-refractivity contribution in [2.24, 2.45) is 4.99 Å². The predicted octanol–water partition coefficient (Wildman–Crippen LogP) is 3.58. The molecule has 0 fully saturated rings. The highest BCUT2D eigenvalue weighted by atomic mass is 79.9. The minimum Gasteiger partial charge on any atom is -0.493 e. The quantitative estimate of drug-likeness (QED) is 0.445. The number of nitrogens with zero attached hydrogens (tertiary/aromatic N) is 2. The maximum absolute atomic E-state index is 13.6. The maximum Gasteiger partial charge on any atom is 0.338 e. The molecule has 0 spiro atoms. The van der Waals surface area contributed by atoms with Gasteiger partial charge in [-0.15, -0.1) is 0 Å². The Morgan fingerprint density at radius 2 is 1.85 bits per heavy atom. The highest BCUT2D eigenvalue weighted by Gasteiger charge is 2.33. The van der Waals surface area contributed by atoms with Crippen LogP contribution in [0, 0.1) is 0 Å². The molecular formula is C25H23BrN2O5S. The second-order valence-corrected chi connectivity index (χ2v) is 9.39. The van der Waals surface area contributed by atoms with Crippen LogP contribution in [-0.2, 0) is 9.53 Å². The van der Waals surface area contributed by atoms with E-state index in [0.717, 1.165) is 15.6 Å². The van der Waals surface area contributed by atoms with Gasteiger partial charge in [-0.2, -0.15) is 0 Å². The van der Waals surface area contributed by atoms with Crippen LogP contribution in [0.15, 0.2) is 68.0 Å². The van der Waals surface area contributed by atoms with Crippen LogP contribution in [0.1, 0.15) is 31.0 Å². The van der Waals surface area contributed by atoms with Crippen LogP contribution in [0.5, 0.6) is 11.5 Å². The summed E-state index contributed by atoms with van der Waals surface area (Å²) in [6, 6.07) is 12.3. The van der Waals surface area contributed by atoms with Gasteiger partial charge in [-0.25, -0.2) is 9.79 Å². The van der Waals surface area contributed by atoms with Crippen molar-refractivity contribution in [1.29, 1.82) is 0 Å². The van der Waals surface area contributed by atoms with Crippen molar-refractivity contribution in [3.63, 3.8) is 0 Å². The molecule has 0 amide bonds. The van der Waals surface area contributed by atoms with Crippen molar-refractivity contribution >= 4 is 39.3 Å². The van der Waals surface area contributed by atoms with Crippen molar-refractivity contribution in [3.8, 4) is 11.5 Å². The third-order valence-electron chi connectivity index (χ3n) is 5.41. The zero-order valence-corrected chi connectivity index (χ0v) is 21.5. The molecule has 0 saturated carbocycles. The zero-order chi connectivity index (χ0) is 24.4. The Morgan fingerprint density at radius 3 is 2.50 bits per heavy atom. The third-order valence-corrected chi connectivity index (χ3v) is 6.92. The fraction of sp³-hybridized carbons (Fsp3) is 0.240. The first-order valence-corrected chi connectivity index (χ1v) is 12.2. The molecule has 2 aromatic carbocycles. The first kappa shape index (κ1) is 24.0. The summed E-state index contributed by atoms with van der Waals surface area (Å²) >= 11 is 4.72. The summed E-state index contributed by atoms with van der Waals surface area (Å²) in [6.07, 6.45) is 1.79. The number of halogens is 1. The number of benzene rings is 2. The van der Waals surface area contributed by atoms with E-state index in [1.165, 1.54) is 11.3 Å². The smallest absolute Gasteiger partial charge is 0.338 e. The molecule has 2 heterocycles. The molecule has 3 aromatic rings. The van der Waals surface area contributed by atoms with Crippen molar-refractivity contribution in [2.45, 2.75) is 19.9 Å². The molecule has 7 nitrogen and oxygen atoms in total. The summed E-state index contributed by atoms with van der Waals surface area (Å²) in [5.74, 6) is 0.689. The van der Waals surface area contributed by atoms with Gasteiger partial charge in [-0.05, 0) is 55.3 Å². The first-order valence-electron chi connectivity index (χ1n) is 10.5. The van der Waals surface area contributed by atoms with Gasteiger partial charge in [0, 0.05) is 4.47 Å². The van der Waals surface area contributed by atoms with Crippen LogP contribution >= 0.6 is 27.3 Å². The molecule has 1 unspecified atom stereocenters. The Hall–Kier alpha value is -3.17. The van der Waals surface area contributed by atoms with Crippen LogP contribution in [0.4, 0.5) is 0 Å². The van der Waals surface area contributed by atoms with E-state index in [-0.39, 0.29) is 12.2 Å². The lowest BCUT2D eigenvalue weighted by molar-refractivity contribution is -0.139. The summed E-state index contributed by atoms with van der Waals surface area (Å²) in [4.78, 5) is 31.7. The van der Waals surface area contributed by atoms with Crippen LogP contribution in [0.2, 0.25) is 0 Å². The van der Waals surface area contributed by atoms with Gasteiger partial charge in [0.25, 0.3) is 5.56 Å². The molecule has 0 saturated heterocycles. The number of allylic oxidation sites excluding steroid dienone is 1. The van der Waals surface area contributed by atoms with Gasteiger partial charge in [-0.1, -0.05) is 45.5 Å². The Balaban J connectivity index is 1.92. The average Bonchev–Trinajstić information content (AvgIpc) is 3.13. The highest BCUT2D eigenvalue weighted by molar-refractivity contribution is 9.10. The molecule has 1 aliphatic rings. The molecule has 0 radical (unpaired) electrons. The number of carbonyl (C=O) groups excluding carboxylic acids is 1. The molecule has 0 aliphatic carbocycles. The van der Waals surface area contributed by atoms with Gasteiger partial charge in [-0.3, -0.25) is 9.36 Å². The van der Waals surface area contributed by atoms with Crippen molar-refractivity contribution < 1.29 is 19.0 Å². The Kier molecular flexibility index (Phi) is 7.04. The molecule has 34 heavy (non-hydrogen) atoms. The number of rotatable bonds is 6. The number of thiazole rings is 1. The normalized spacial score (nSPS) is 15.6. The second-order valence-electron chi connectivity index (χ2n) is 7.47. The SMILES string of the molecule is CCOC(=O)C1=C(C)N=c2s/c(=C/c3ccc(OC)c(OC)c3)c(=O)n2C1c1ccc(Br)cc1. The minimum atomic E-state index is -0.643. The van der Waals surface area contributed by atoms with Gasteiger partial charge in [0.2, 0.25) is 0 Å². The zero-order valence-electron chi connectivity index (χ0n) is 19.1. The Morgan fingerprint density at radius 1 is 1.15 bits per heavy atom. The minimum absolute atomic E-state index is 0.229.